The summed E-state index contributed by atoms with van der Waals surface area (Å²) in [4.78, 5) is 224. The number of carbonyl (C=O) groups excluding carboxylic acids is 14. The number of hydrogen-bond acceptors (Lipinski definition) is 23. The van der Waals surface area contributed by atoms with Gasteiger partial charge in [0.05, 0.1) is 6.04 Å². The van der Waals surface area contributed by atoms with E-state index in [0.29, 0.717) is 19.3 Å². The van der Waals surface area contributed by atoms with Crippen molar-refractivity contribution in [1.29, 1.82) is 0 Å². The average Bonchev–Trinajstić information content (AvgIpc) is 0.861. The van der Waals surface area contributed by atoms with Crippen molar-refractivity contribution >= 4 is 118 Å². The van der Waals surface area contributed by atoms with Gasteiger partial charge in [-0.2, -0.15) is 0 Å². The Morgan fingerprint density at radius 3 is 0.579 bits per heavy atom. The van der Waals surface area contributed by atoms with Gasteiger partial charge in [0, 0.05) is 32.7 Å². The second-order valence-electron chi connectivity index (χ2n) is 27.0. The van der Waals surface area contributed by atoms with Crippen LogP contribution in [0.5, 0.6) is 0 Å². The van der Waals surface area contributed by atoms with E-state index in [1.54, 1.807) is 0 Å². The lowest BCUT2D eigenvalue weighted by Crippen LogP contribution is -2.60. The molecule has 0 radical (unpaired) electrons. The molecule has 48 nitrogen and oxygen atoms in total. The summed E-state index contributed by atoms with van der Waals surface area (Å²) in [6.45, 7) is 10.5. The number of carboxylic acids is 1. The van der Waals surface area contributed by atoms with Gasteiger partial charge in [-0.05, 0) is 171 Å². The number of nitrogens with one attached hydrogen (secondary N) is 14. The Balaban J connectivity index is 7.38. The van der Waals surface area contributed by atoms with Gasteiger partial charge in [-0.1, -0.05) is 0 Å². The molecule has 0 saturated heterocycles. The lowest BCUT2D eigenvalue weighted by atomic mass is 10.0. The normalized spacial score (nSPS) is 14.8. The van der Waals surface area contributed by atoms with Crippen molar-refractivity contribution < 1.29 is 77.0 Å². The van der Waals surface area contributed by atoms with Crippen molar-refractivity contribution in [2.75, 3.05) is 45.8 Å². The number of guanidine groups is 5. The topological polar surface area (TPSA) is 845 Å². The van der Waals surface area contributed by atoms with E-state index in [9.17, 15) is 77.0 Å². The van der Waals surface area contributed by atoms with Gasteiger partial charge < -0.3 is 154 Å². The highest BCUT2D eigenvalue weighted by Crippen LogP contribution is 2.12. The number of carbonyl (C=O) groups is 15. The average molecular weight is 1620 g/mol. The number of nitrogens with two attached hydrogens (primary N) is 13. The van der Waals surface area contributed by atoms with E-state index in [4.69, 9.17) is 74.5 Å². The third kappa shape index (κ3) is 44.4. The van der Waals surface area contributed by atoms with Crippen LogP contribution in [0.25, 0.3) is 0 Å². The molecule has 15 atom stereocenters. The molecule has 0 bridgehead atoms. The van der Waals surface area contributed by atoms with Gasteiger partial charge in [-0.3, -0.25) is 96.9 Å². The first kappa shape index (κ1) is 102. The van der Waals surface area contributed by atoms with Crippen LogP contribution < -0.4 is 149 Å². The van der Waals surface area contributed by atoms with E-state index in [-0.39, 0.29) is 159 Å². The van der Waals surface area contributed by atoms with Crippen LogP contribution in [0, 0.1) is 0 Å². The number of amides is 14. The lowest BCUT2D eigenvalue weighted by molar-refractivity contribution is -0.141. The molecule has 41 N–H and O–H groups in total. The lowest BCUT2D eigenvalue weighted by Gasteiger charge is -2.28. The molecular weight excluding hydrogens is 1500 g/mol. The molecule has 646 valence electrons. The number of unbranched alkanes of at least 4 members (excludes halogenated alkanes) is 2. The molecule has 0 aromatic carbocycles. The zero-order valence-corrected chi connectivity index (χ0v) is 66.2. The van der Waals surface area contributed by atoms with Crippen LogP contribution >= 0.6 is 0 Å². The Hall–Kier alpha value is -11.7. The van der Waals surface area contributed by atoms with Crippen molar-refractivity contribution in [3.05, 3.63) is 0 Å². The zero-order valence-electron chi connectivity index (χ0n) is 66.2. The largest absolute Gasteiger partial charge is 0.480 e. The maximum Gasteiger partial charge on any atom is 0.325 e. The number of nitrogens with zero attached hydrogens (tertiary/aromatic N) is 5. The third-order valence-corrected chi connectivity index (χ3v) is 16.7. The first-order valence-electron chi connectivity index (χ1n) is 37.4. The van der Waals surface area contributed by atoms with Crippen molar-refractivity contribution in [1.82, 2.24) is 74.4 Å². The summed E-state index contributed by atoms with van der Waals surface area (Å²) in [5.74, 6) is -15.1. The second-order valence-corrected chi connectivity index (χ2v) is 27.0. The predicted molar refractivity (Wildman–Crippen MR) is 423 cm³/mol. The van der Waals surface area contributed by atoms with Crippen LogP contribution in [0.4, 0.5) is 0 Å². The van der Waals surface area contributed by atoms with E-state index in [0.717, 1.165) is 0 Å². The van der Waals surface area contributed by atoms with Gasteiger partial charge in [0.25, 0.3) is 0 Å². The van der Waals surface area contributed by atoms with Crippen molar-refractivity contribution in [3.63, 3.8) is 0 Å². The van der Waals surface area contributed by atoms with Gasteiger partial charge in [-0.15, -0.1) is 0 Å². The Morgan fingerprint density at radius 2 is 0.395 bits per heavy atom. The number of aliphatic imine (C=N–C) groups is 5. The maximum atomic E-state index is 14.7. The Morgan fingerprint density at radius 1 is 0.237 bits per heavy atom. The Kier molecular flexibility index (Phi) is 49.9. The molecule has 0 fully saturated rings. The van der Waals surface area contributed by atoms with E-state index in [1.807, 2.05) is 0 Å². The third-order valence-electron chi connectivity index (χ3n) is 16.7. The predicted octanol–water partition coefficient (Wildman–Crippen LogP) is -12.1. The van der Waals surface area contributed by atoms with Crippen LogP contribution in [-0.4, -0.2) is 260 Å². The fraction of sp³-hybridized carbons (Fsp3) is 0.697. The summed E-state index contributed by atoms with van der Waals surface area (Å²) in [6.07, 6.45) is 0.408. The molecule has 0 aromatic heterocycles. The maximum absolute atomic E-state index is 14.7. The number of hydrogen-bond donors (Lipinski definition) is 28. The molecule has 0 saturated carbocycles. The Bertz CT molecular complexity index is 3320. The SMILES string of the molecule is C[C@H](N)C(=O)N[C@@H](C)C(=O)N[C@@H](C)C(=O)N[C@@H](C)C(=O)N[C@@H](CCCCN)C(=O)N[C@@H](CCCCN)C(=O)N[C@@H](CCCN=C(N)N)C(=O)N[C@@H](CCCN=C(N)N)C(=O)N[C@@H](C)C(=O)N[C@@H](CCCN=C(N)N)C(=O)N[C@@H](CCCN=C(N)N)C(=O)N[C@@H](CCCN=C(N)N)C(=O)N[C@@H](C)C(=O)N[C@@H](C)C(=O)N[C@@H](C)C(=O)O. The van der Waals surface area contributed by atoms with Crippen LogP contribution in [0.2, 0.25) is 0 Å². The quantitative estimate of drug-likeness (QED) is 0.0153. The first-order valence-corrected chi connectivity index (χ1v) is 37.4. The molecule has 0 aromatic rings. The smallest absolute Gasteiger partial charge is 0.325 e. The van der Waals surface area contributed by atoms with Gasteiger partial charge in [0.2, 0.25) is 82.7 Å². The molecule has 0 aliphatic heterocycles. The summed E-state index contributed by atoms with van der Waals surface area (Å²) in [5.41, 5.74) is 72.8. The molecule has 0 heterocycles. The van der Waals surface area contributed by atoms with E-state index < -0.39 is 179 Å². The standard InChI is InChI=1S/C66H126N32O16/c1-32(69)47(99)85-33(2)48(100)86-34(3)49(101)88-37(6)52(104)92-40(18-9-11-25-67)56(108)94-41(19-10-12-26-68)57(109)97-45(23-16-30-83-65(76)77)59(111)96-43(21-14-28-81-63(72)73)55(107)90-38(7)53(105)93-44(22-15-29-82-64(74)75)58(110)98-46(24-17-31-84-66(78)79)60(112)95-42(20-13-27-80-62(70)71)54(106)89-36(5)50(102)87-35(4)51(103)91-39(8)61(113)114/h32-46H,9-31,67-69H2,1-8H3,(H,85,99)(H,86,100)(H,87,102)(H,88,101)(H,89,106)(H,90,107)(H,91,103)(H,92,104)(H,93,105)(H,94,108)(H,95,112)(H,96,111)(H,97,109)(H,98,110)(H,113,114)(H4,70,71,80)(H4,72,73,81)(H4,74,75,82)(H4,76,77,83)(H4,78,79,84)/t32-,33-,34-,35-,36-,37-,38-,39-,40-,41-,42-,43-,44-,45-,46-/m0/s1. The first-order chi connectivity index (χ1) is 53.5. The minimum Gasteiger partial charge on any atom is -0.480 e. The molecular formula is C66H126N32O16. The summed E-state index contributed by atoms with van der Waals surface area (Å²) in [6, 6.07) is -20.3. The molecule has 0 rings (SSSR count). The van der Waals surface area contributed by atoms with Gasteiger partial charge >= 0.3 is 5.97 Å². The Labute approximate surface area is 661 Å². The van der Waals surface area contributed by atoms with E-state index in [1.165, 1.54) is 55.4 Å². The number of rotatable bonds is 57. The monoisotopic (exact) mass is 1620 g/mol. The van der Waals surface area contributed by atoms with Crippen molar-refractivity contribution in [3.8, 4) is 0 Å². The fourth-order valence-corrected chi connectivity index (χ4v) is 10.1. The molecule has 0 spiro atoms. The molecule has 48 heteroatoms. The van der Waals surface area contributed by atoms with Gasteiger partial charge in [0.1, 0.15) is 84.6 Å². The van der Waals surface area contributed by atoms with Gasteiger partial charge in [0.15, 0.2) is 29.8 Å². The molecule has 14 amide bonds. The van der Waals surface area contributed by atoms with Crippen LogP contribution in [0.15, 0.2) is 25.0 Å². The van der Waals surface area contributed by atoms with Crippen LogP contribution in [0.3, 0.4) is 0 Å². The van der Waals surface area contributed by atoms with Gasteiger partial charge in [-0.25, -0.2) is 0 Å². The van der Waals surface area contributed by atoms with Crippen molar-refractivity contribution in [2.45, 2.75) is 249 Å². The van der Waals surface area contributed by atoms with Crippen LogP contribution in [-0.2, 0) is 71.9 Å². The van der Waals surface area contributed by atoms with Crippen molar-refractivity contribution in [2.24, 2.45) is 99.5 Å². The second kappa shape index (κ2) is 55.7. The highest BCUT2D eigenvalue weighted by Gasteiger charge is 2.36. The summed E-state index contributed by atoms with van der Waals surface area (Å²) >= 11 is 0. The molecule has 0 unspecified atom stereocenters. The van der Waals surface area contributed by atoms with E-state index >= 15 is 0 Å². The number of carboxylic acid groups (broad SMARTS) is 1. The number of aliphatic carboxylic acids is 1. The highest BCUT2D eigenvalue weighted by molar-refractivity contribution is 6.00. The molecule has 0 aliphatic rings. The summed E-state index contributed by atoms with van der Waals surface area (Å²) in [5, 5.41) is 44.4. The molecule has 114 heavy (non-hydrogen) atoms. The van der Waals surface area contributed by atoms with Crippen LogP contribution in [0.1, 0.15) is 158 Å². The molecule has 0 aliphatic carbocycles. The minimum atomic E-state index is -1.54. The van der Waals surface area contributed by atoms with E-state index in [2.05, 4.69) is 99.4 Å². The zero-order chi connectivity index (χ0) is 86.9. The summed E-state index contributed by atoms with van der Waals surface area (Å²) < 4.78 is 0. The fourth-order valence-electron chi connectivity index (χ4n) is 10.1. The highest BCUT2D eigenvalue weighted by atomic mass is 16.4. The summed E-state index contributed by atoms with van der Waals surface area (Å²) in [7, 11) is 0. The minimum absolute atomic E-state index is 0.00867.